The monoisotopic (exact) mass is 321 g/mol. The lowest BCUT2D eigenvalue weighted by atomic mass is 10.0. The quantitative estimate of drug-likeness (QED) is 0.766. The summed E-state index contributed by atoms with van der Waals surface area (Å²) >= 11 is 0. The van der Waals surface area contributed by atoms with E-state index in [1.165, 1.54) is 18.3 Å². The molecule has 23 heavy (non-hydrogen) atoms. The topological polar surface area (TPSA) is 95.8 Å². The Kier molecular flexibility index (Phi) is 4.42. The van der Waals surface area contributed by atoms with Crippen LogP contribution in [0.1, 0.15) is 31.5 Å². The first-order valence-electron chi connectivity index (χ1n) is 7.77. The van der Waals surface area contributed by atoms with Crippen molar-refractivity contribution in [1.29, 1.82) is 0 Å². The first-order chi connectivity index (χ1) is 11.1. The fourth-order valence-electron chi connectivity index (χ4n) is 3.22. The molecule has 0 spiro atoms. The zero-order chi connectivity index (χ0) is 16.4. The van der Waals surface area contributed by atoms with Crippen LogP contribution >= 0.6 is 0 Å². The lowest BCUT2D eigenvalue weighted by Crippen LogP contribution is -2.22. The molecule has 1 fully saturated rings. The largest absolute Gasteiger partial charge is 0.393 e. The minimum Gasteiger partial charge on any atom is -0.393 e. The molecule has 2 heterocycles. The van der Waals surface area contributed by atoms with Crippen LogP contribution in [0.3, 0.4) is 0 Å². The maximum atomic E-state index is 13.6. The molecule has 3 N–H and O–H groups in total. The van der Waals surface area contributed by atoms with Crippen LogP contribution < -0.4 is 11.0 Å². The second kappa shape index (κ2) is 6.49. The summed E-state index contributed by atoms with van der Waals surface area (Å²) in [6.45, 7) is 2.85. The van der Waals surface area contributed by atoms with Gasteiger partial charge in [-0.1, -0.05) is 0 Å². The second-order valence-electron chi connectivity index (χ2n) is 5.84. The molecule has 2 aromatic heterocycles. The van der Waals surface area contributed by atoms with E-state index in [9.17, 15) is 14.3 Å². The van der Waals surface area contributed by atoms with Gasteiger partial charge in [-0.2, -0.15) is 5.10 Å². The number of rotatable bonds is 5. The van der Waals surface area contributed by atoms with E-state index in [1.54, 1.807) is 4.57 Å². The Balaban J connectivity index is 1.67. The summed E-state index contributed by atoms with van der Waals surface area (Å²) in [5.74, 6) is 0.433. The average Bonchev–Trinajstić information content (AvgIpc) is 3.09. The number of nitrogens with one attached hydrogen (secondary N) is 2. The number of aromatic amines is 1. The lowest BCUT2D eigenvalue weighted by Gasteiger charge is -2.15. The Morgan fingerprint density at radius 3 is 3.09 bits per heavy atom. The molecule has 0 bridgehead atoms. The van der Waals surface area contributed by atoms with Crippen molar-refractivity contribution in [2.45, 2.75) is 38.3 Å². The zero-order valence-corrected chi connectivity index (χ0v) is 12.9. The molecular formula is C15H20FN5O2. The molecule has 0 saturated heterocycles. The van der Waals surface area contributed by atoms with Gasteiger partial charge in [0.15, 0.2) is 11.6 Å². The van der Waals surface area contributed by atoms with Gasteiger partial charge in [-0.25, -0.2) is 19.3 Å². The predicted molar refractivity (Wildman–Crippen MR) is 82.7 cm³/mol. The van der Waals surface area contributed by atoms with Crippen LogP contribution in [0.5, 0.6) is 0 Å². The van der Waals surface area contributed by atoms with Gasteiger partial charge in [0.1, 0.15) is 5.82 Å². The van der Waals surface area contributed by atoms with E-state index >= 15 is 0 Å². The molecule has 1 saturated carbocycles. The molecule has 0 aliphatic heterocycles. The highest BCUT2D eigenvalue weighted by Gasteiger charge is 2.36. The smallest absolute Gasteiger partial charge is 0.343 e. The SMILES string of the molecule is CCn1c([C@H]2C[C@H](CNc3ncccc3F)[C@H](O)C2)n[nH]c1=O. The average molecular weight is 321 g/mol. The second-order valence-corrected chi connectivity index (χ2v) is 5.84. The van der Waals surface area contributed by atoms with Crippen molar-refractivity contribution in [2.24, 2.45) is 5.92 Å². The fraction of sp³-hybridized carbons (Fsp3) is 0.533. The van der Waals surface area contributed by atoms with Gasteiger partial charge in [0, 0.05) is 31.1 Å². The van der Waals surface area contributed by atoms with Crippen LogP contribution in [0.4, 0.5) is 10.2 Å². The number of nitrogens with zero attached hydrogens (tertiary/aromatic N) is 3. The van der Waals surface area contributed by atoms with Crippen LogP contribution in [0.25, 0.3) is 0 Å². The highest BCUT2D eigenvalue weighted by molar-refractivity contribution is 5.35. The Morgan fingerprint density at radius 2 is 2.35 bits per heavy atom. The molecular weight excluding hydrogens is 301 g/mol. The summed E-state index contributed by atoms with van der Waals surface area (Å²) in [6.07, 6.45) is 2.23. The van der Waals surface area contributed by atoms with E-state index in [-0.39, 0.29) is 23.3 Å². The normalized spacial score (nSPS) is 24.0. The van der Waals surface area contributed by atoms with Gasteiger partial charge in [0.05, 0.1) is 6.10 Å². The van der Waals surface area contributed by atoms with Gasteiger partial charge in [0.25, 0.3) is 0 Å². The Morgan fingerprint density at radius 1 is 1.52 bits per heavy atom. The van der Waals surface area contributed by atoms with Gasteiger partial charge < -0.3 is 10.4 Å². The number of aromatic nitrogens is 4. The number of hydrogen-bond acceptors (Lipinski definition) is 5. The van der Waals surface area contributed by atoms with Crippen molar-refractivity contribution in [1.82, 2.24) is 19.7 Å². The van der Waals surface area contributed by atoms with Crippen LogP contribution in [0.2, 0.25) is 0 Å². The molecule has 8 heteroatoms. The van der Waals surface area contributed by atoms with Crippen LogP contribution in [-0.2, 0) is 6.54 Å². The van der Waals surface area contributed by atoms with Gasteiger partial charge >= 0.3 is 5.69 Å². The summed E-state index contributed by atoms with van der Waals surface area (Å²) in [6, 6.07) is 2.87. The van der Waals surface area contributed by atoms with Gasteiger partial charge in [-0.05, 0) is 31.9 Å². The number of aliphatic hydroxyl groups excluding tert-OH is 1. The third-order valence-corrected chi connectivity index (χ3v) is 4.42. The number of H-pyrrole nitrogens is 1. The van der Waals surface area contributed by atoms with E-state index in [1.807, 2.05) is 6.92 Å². The molecule has 0 unspecified atom stereocenters. The molecule has 1 aliphatic rings. The molecule has 2 aromatic rings. The van der Waals surface area contributed by atoms with Crippen LogP contribution in [-0.4, -0.2) is 37.5 Å². The van der Waals surface area contributed by atoms with Crippen LogP contribution in [0.15, 0.2) is 23.1 Å². The van der Waals surface area contributed by atoms with Crippen molar-refractivity contribution in [2.75, 3.05) is 11.9 Å². The third-order valence-electron chi connectivity index (χ3n) is 4.42. The maximum Gasteiger partial charge on any atom is 0.343 e. The van der Waals surface area contributed by atoms with Crippen LogP contribution in [0, 0.1) is 11.7 Å². The van der Waals surface area contributed by atoms with E-state index in [4.69, 9.17) is 0 Å². The first kappa shape index (κ1) is 15.7. The molecule has 0 aromatic carbocycles. The third kappa shape index (κ3) is 3.12. The minimum absolute atomic E-state index is 0.0179. The Bertz CT molecular complexity index is 729. The molecule has 0 radical (unpaired) electrons. The summed E-state index contributed by atoms with van der Waals surface area (Å²) in [4.78, 5) is 15.6. The molecule has 3 atom stereocenters. The standard InChI is InChI=1S/C15H20FN5O2/c1-2-21-14(19-20-15(21)23)9-6-10(12(22)7-9)8-18-13-11(16)4-3-5-17-13/h3-5,9-10,12,22H,2,6-8H2,1H3,(H,17,18)(H,20,23)/t9-,10+,12+/m0/s1. The molecule has 0 amide bonds. The highest BCUT2D eigenvalue weighted by Crippen LogP contribution is 2.37. The number of aliphatic hydroxyl groups is 1. The lowest BCUT2D eigenvalue weighted by molar-refractivity contribution is 0.137. The Hall–Kier alpha value is -2.22. The number of pyridine rings is 1. The first-order valence-corrected chi connectivity index (χ1v) is 7.77. The van der Waals surface area contributed by atoms with E-state index < -0.39 is 11.9 Å². The zero-order valence-electron chi connectivity index (χ0n) is 12.9. The van der Waals surface area contributed by atoms with Gasteiger partial charge in [-0.15, -0.1) is 0 Å². The number of hydrogen-bond donors (Lipinski definition) is 3. The van der Waals surface area contributed by atoms with Gasteiger partial charge in [0.2, 0.25) is 0 Å². The van der Waals surface area contributed by atoms with Crippen molar-refractivity contribution in [3.8, 4) is 0 Å². The molecule has 7 nitrogen and oxygen atoms in total. The van der Waals surface area contributed by atoms with E-state index in [2.05, 4.69) is 20.5 Å². The van der Waals surface area contributed by atoms with Gasteiger partial charge in [-0.3, -0.25) is 4.57 Å². The van der Waals surface area contributed by atoms with E-state index in [0.717, 1.165) is 0 Å². The Labute approximate surface area is 132 Å². The van der Waals surface area contributed by atoms with Crippen molar-refractivity contribution in [3.05, 3.63) is 40.5 Å². The number of anilines is 1. The summed E-state index contributed by atoms with van der Waals surface area (Å²) < 4.78 is 15.2. The van der Waals surface area contributed by atoms with Crippen molar-refractivity contribution in [3.63, 3.8) is 0 Å². The maximum absolute atomic E-state index is 13.6. The summed E-state index contributed by atoms with van der Waals surface area (Å²) in [5, 5.41) is 19.8. The molecule has 124 valence electrons. The highest BCUT2D eigenvalue weighted by atomic mass is 19.1. The minimum atomic E-state index is -0.517. The summed E-state index contributed by atoms with van der Waals surface area (Å²) in [5.41, 5.74) is -0.228. The molecule has 1 aliphatic carbocycles. The molecule has 3 rings (SSSR count). The number of halogens is 1. The fourth-order valence-corrected chi connectivity index (χ4v) is 3.22. The predicted octanol–water partition coefficient (Wildman–Crippen LogP) is 1.09. The van der Waals surface area contributed by atoms with Crippen molar-refractivity contribution >= 4 is 5.82 Å². The van der Waals surface area contributed by atoms with E-state index in [0.29, 0.717) is 31.8 Å². The summed E-state index contributed by atoms with van der Waals surface area (Å²) in [7, 11) is 0. The van der Waals surface area contributed by atoms with Crippen molar-refractivity contribution < 1.29 is 9.50 Å².